The molecule has 2 aliphatic heterocycles. The second-order valence-corrected chi connectivity index (χ2v) is 9.92. The molecule has 3 N–H and O–H groups in total. The van der Waals surface area contributed by atoms with Crippen LogP contribution in [0.1, 0.15) is 44.2 Å². The Morgan fingerprint density at radius 1 is 1.29 bits per heavy atom. The fourth-order valence-corrected chi connectivity index (χ4v) is 4.77. The lowest BCUT2D eigenvalue weighted by Crippen LogP contribution is -2.42. The van der Waals surface area contributed by atoms with Crippen LogP contribution in [0.15, 0.2) is 59.6 Å². The van der Waals surface area contributed by atoms with E-state index in [4.69, 9.17) is 0 Å². The highest BCUT2D eigenvalue weighted by Crippen LogP contribution is 2.46. The molecule has 0 aromatic heterocycles. The summed E-state index contributed by atoms with van der Waals surface area (Å²) in [5, 5.41) is 19.7. The maximum Gasteiger partial charge on any atom is 0.140 e. The molecule has 6 nitrogen and oxygen atoms in total. The lowest BCUT2D eigenvalue weighted by molar-refractivity contribution is -0.115. The van der Waals surface area contributed by atoms with Gasteiger partial charge in [0.25, 0.3) is 0 Å². The highest BCUT2D eigenvalue weighted by molar-refractivity contribution is 5.71. The number of nitriles is 1. The van der Waals surface area contributed by atoms with Crippen molar-refractivity contribution in [3.63, 3.8) is 0 Å². The smallest absolute Gasteiger partial charge is 0.140 e. The molecular formula is C28H34FN5O. The van der Waals surface area contributed by atoms with E-state index in [-0.39, 0.29) is 17.9 Å². The number of carbonyl (C=O) groups excluding carboxylic acids is 1. The standard InChI is InChI=1S/C28H34FN5O/c1-19-8-23(16-31-14-19)22-10-21(11-25(29)12-22)15-32-27-13-26(9-20(2)33-27)34(3)7-6-28(17-30,18-35)24-4-5-24/h8-14,18,24,27,31-33H,4-7,15-16H2,1-3H3. The zero-order valence-electron chi connectivity index (χ0n) is 20.7. The minimum atomic E-state index is -0.870. The first kappa shape index (κ1) is 24.7. The van der Waals surface area contributed by atoms with Crippen LogP contribution in [0, 0.1) is 28.5 Å². The summed E-state index contributed by atoms with van der Waals surface area (Å²) in [6, 6.07) is 7.46. The highest BCUT2D eigenvalue weighted by Gasteiger charge is 2.45. The third-order valence-corrected chi connectivity index (χ3v) is 6.99. The van der Waals surface area contributed by atoms with Gasteiger partial charge in [-0.2, -0.15) is 5.26 Å². The summed E-state index contributed by atoms with van der Waals surface area (Å²) in [6.07, 6.45) is 11.4. The number of aldehydes is 1. The molecule has 2 unspecified atom stereocenters. The molecule has 3 aliphatic rings. The number of nitrogens with zero attached hydrogens (tertiary/aromatic N) is 2. The number of hydrogen-bond donors (Lipinski definition) is 3. The summed E-state index contributed by atoms with van der Waals surface area (Å²) >= 11 is 0. The van der Waals surface area contributed by atoms with Gasteiger partial charge in [-0.15, -0.1) is 0 Å². The van der Waals surface area contributed by atoms with Gasteiger partial charge in [-0.05, 0) is 97.9 Å². The Kier molecular flexibility index (Phi) is 7.42. The zero-order valence-corrected chi connectivity index (χ0v) is 20.7. The number of dihydropyridines is 2. The van der Waals surface area contributed by atoms with Crippen LogP contribution in [0.4, 0.5) is 4.39 Å². The highest BCUT2D eigenvalue weighted by atomic mass is 19.1. The van der Waals surface area contributed by atoms with Crippen molar-refractivity contribution in [1.82, 2.24) is 20.9 Å². The maximum atomic E-state index is 14.4. The monoisotopic (exact) mass is 475 g/mol. The van der Waals surface area contributed by atoms with Crippen LogP contribution in [0.25, 0.3) is 5.57 Å². The Bertz CT molecular complexity index is 1140. The predicted octanol–water partition coefficient (Wildman–Crippen LogP) is 3.96. The summed E-state index contributed by atoms with van der Waals surface area (Å²) in [4.78, 5) is 13.8. The van der Waals surface area contributed by atoms with Crippen molar-refractivity contribution in [3.8, 4) is 6.07 Å². The molecule has 1 fully saturated rings. The van der Waals surface area contributed by atoms with E-state index in [2.05, 4.69) is 45.1 Å². The number of nitrogens with one attached hydrogen (secondary N) is 3. The fraction of sp³-hybridized carbons (Fsp3) is 0.429. The quantitative estimate of drug-likeness (QED) is 0.445. The molecule has 4 rings (SSSR count). The van der Waals surface area contributed by atoms with E-state index < -0.39 is 5.41 Å². The molecular weight excluding hydrogens is 441 g/mol. The fourth-order valence-electron chi connectivity index (χ4n) is 4.77. The molecule has 35 heavy (non-hydrogen) atoms. The van der Waals surface area contributed by atoms with E-state index in [1.54, 1.807) is 12.1 Å². The number of carbonyl (C=O) groups is 1. The second kappa shape index (κ2) is 10.5. The molecule has 1 aromatic carbocycles. The topological polar surface area (TPSA) is 80.2 Å². The molecule has 0 amide bonds. The van der Waals surface area contributed by atoms with Crippen LogP contribution in [0.5, 0.6) is 0 Å². The van der Waals surface area contributed by atoms with Crippen LogP contribution in [0.2, 0.25) is 0 Å². The van der Waals surface area contributed by atoms with E-state index in [1.807, 2.05) is 33.2 Å². The van der Waals surface area contributed by atoms with Crippen LogP contribution in [-0.2, 0) is 11.3 Å². The molecule has 2 heterocycles. The summed E-state index contributed by atoms with van der Waals surface area (Å²) in [5.41, 5.74) is 5.11. The lowest BCUT2D eigenvalue weighted by Gasteiger charge is -2.30. The third-order valence-electron chi connectivity index (χ3n) is 6.99. The van der Waals surface area contributed by atoms with E-state index >= 15 is 0 Å². The van der Waals surface area contributed by atoms with Crippen LogP contribution >= 0.6 is 0 Å². The molecule has 1 saturated carbocycles. The summed E-state index contributed by atoms with van der Waals surface area (Å²) in [5.74, 6) is -0.0498. The van der Waals surface area contributed by atoms with Crippen molar-refractivity contribution >= 4 is 11.9 Å². The van der Waals surface area contributed by atoms with Gasteiger partial charge in [0, 0.05) is 38.1 Å². The Morgan fingerprint density at radius 2 is 2.09 bits per heavy atom. The van der Waals surface area contributed by atoms with Crippen molar-refractivity contribution < 1.29 is 9.18 Å². The number of hydrogen-bond acceptors (Lipinski definition) is 6. The van der Waals surface area contributed by atoms with Crippen molar-refractivity contribution in [1.29, 1.82) is 5.26 Å². The molecule has 184 valence electrons. The van der Waals surface area contributed by atoms with E-state index in [0.29, 0.717) is 26.1 Å². The third kappa shape index (κ3) is 6.01. The molecule has 0 bridgehead atoms. The normalized spacial score (nSPS) is 21.2. The molecule has 0 radical (unpaired) electrons. The van der Waals surface area contributed by atoms with E-state index in [0.717, 1.165) is 52.8 Å². The summed E-state index contributed by atoms with van der Waals surface area (Å²) in [6.45, 7) is 5.82. The number of halogens is 1. The van der Waals surface area contributed by atoms with Gasteiger partial charge in [-0.3, -0.25) is 5.32 Å². The number of allylic oxidation sites excluding steroid dienone is 4. The van der Waals surface area contributed by atoms with Crippen molar-refractivity contribution in [2.75, 3.05) is 20.1 Å². The predicted molar refractivity (Wildman–Crippen MR) is 136 cm³/mol. The van der Waals surface area contributed by atoms with Gasteiger partial charge in [0.2, 0.25) is 0 Å². The largest absolute Gasteiger partial charge is 0.387 e. The molecule has 1 aliphatic carbocycles. The first-order valence-electron chi connectivity index (χ1n) is 12.2. The maximum absolute atomic E-state index is 14.4. The SMILES string of the molecule is CC1=CNCC(c2cc(F)cc(CNC3C=C(N(C)CCC(C#N)(C=O)C4CC4)C=C(C)N3)c2)=C1. The second-order valence-electron chi connectivity index (χ2n) is 9.92. The van der Waals surface area contributed by atoms with Gasteiger partial charge in [-0.1, -0.05) is 6.08 Å². The van der Waals surface area contributed by atoms with Crippen molar-refractivity contribution in [2.24, 2.45) is 11.3 Å². The van der Waals surface area contributed by atoms with Gasteiger partial charge in [-0.25, -0.2) is 4.39 Å². The average Bonchev–Trinajstić information content (AvgIpc) is 3.69. The Labute approximate surface area is 207 Å². The number of rotatable bonds is 10. The van der Waals surface area contributed by atoms with Crippen molar-refractivity contribution in [3.05, 3.63) is 76.5 Å². The first-order chi connectivity index (χ1) is 16.8. The first-order valence-corrected chi connectivity index (χ1v) is 12.2. The van der Waals surface area contributed by atoms with Gasteiger partial charge in [0.05, 0.1) is 12.2 Å². The minimum absolute atomic E-state index is 0.125. The molecule has 2 atom stereocenters. The molecule has 1 aromatic rings. The lowest BCUT2D eigenvalue weighted by atomic mass is 9.82. The van der Waals surface area contributed by atoms with E-state index in [1.165, 1.54) is 0 Å². The average molecular weight is 476 g/mol. The van der Waals surface area contributed by atoms with Crippen LogP contribution in [-0.4, -0.2) is 37.5 Å². The Balaban J connectivity index is 1.41. The number of likely N-dealkylation sites (N-methyl/N-ethyl adjacent to an activating group) is 1. The van der Waals surface area contributed by atoms with Gasteiger partial charge >= 0.3 is 0 Å². The molecule has 7 heteroatoms. The van der Waals surface area contributed by atoms with Gasteiger partial charge < -0.3 is 20.3 Å². The Hall–Kier alpha value is -3.37. The van der Waals surface area contributed by atoms with Gasteiger partial charge in [0.15, 0.2) is 0 Å². The van der Waals surface area contributed by atoms with Gasteiger partial charge in [0.1, 0.15) is 17.5 Å². The summed E-state index contributed by atoms with van der Waals surface area (Å²) < 4.78 is 14.4. The minimum Gasteiger partial charge on any atom is -0.387 e. The number of benzene rings is 1. The summed E-state index contributed by atoms with van der Waals surface area (Å²) in [7, 11) is 1.99. The van der Waals surface area contributed by atoms with Crippen LogP contribution in [0.3, 0.4) is 0 Å². The van der Waals surface area contributed by atoms with Crippen LogP contribution < -0.4 is 16.0 Å². The zero-order chi connectivity index (χ0) is 25.0. The van der Waals surface area contributed by atoms with E-state index in [9.17, 15) is 14.4 Å². The Morgan fingerprint density at radius 3 is 2.77 bits per heavy atom. The molecule has 0 saturated heterocycles. The van der Waals surface area contributed by atoms with Crippen molar-refractivity contribution in [2.45, 2.75) is 45.8 Å². The molecule has 0 spiro atoms.